The van der Waals surface area contributed by atoms with Crippen LogP contribution in [0.25, 0.3) is 0 Å². The Morgan fingerprint density at radius 3 is 2.65 bits per heavy atom. The third kappa shape index (κ3) is 2.71. The van der Waals surface area contributed by atoms with E-state index in [0.717, 1.165) is 25.3 Å². The number of carbonyl (C=O) groups excluding carboxylic acids is 1. The molecule has 4 nitrogen and oxygen atoms in total. The standard InChI is InChI=1S/C13H14ClFN2O2.ClH/c14-9-2-1-8(3-10(9)15)19-4-11(18)17-13-5-12(16,6-13)7-13;/h1-3H,4-7,16H2,(H,17,18);1H. The molecular formula is C13H15Cl2FN2O2. The highest BCUT2D eigenvalue weighted by Gasteiger charge is 2.66. The molecule has 0 unspecified atom stereocenters. The van der Waals surface area contributed by atoms with Crippen LogP contribution in [0.3, 0.4) is 0 Å². The summed E-state index contributed by atoms with van der Waals surface area (Å²) in [5, 5.41) is 2.94. The average Bonchev–Trinajstić information content (AvgIpc) is 2.27. The molecule has 7 heteroatoms. The van der Waals surface area contributed by atoms with E-state index < -0.39 is 5.82 Å². The summed E-state index contributed by atoms with van der Waals surface area (Å²) in [4.78, 5) is 11.7. The first kappa shape index (κ1) is 15.4. The van der Waals surface area contributed by atoms with Gasteiger partial charge in [0.25, 0.3) is 5.91 Å². The number of nitrogens with one attached hydrogen (secondary N) is 1. The maximum atomic E-state index is 13.2. The smallest absolute Gasteiger partial charge is 0.258 e. The van der Waals surface area contributed by atoms with Crippen LogP contribution < -0.4 is 15.8 Å². The molecule has 0 spiro atoms. The van der Waals surface area contributed by atoms with Gasteiger partial charge in [-0.05, 0) is 31.4 Å². The quantitative estimate of drug-likeness (QED) is 0.892. The fourth-order valence-corrected chi connectivity index (χ4v) is 3.16. The zero-order valence-corrected chi connectivity index (χ0v) is 12.2. The van der Waals surface area contributed by atoms with Crippen molar-refractivity contribution in [2.24, 2.45) is 5.73 Å². The molecule has 3 N–H and O–H groups in total. The summed E-state index contributed by atoms with van der Waals surface area (Å²) in [6.45, 7) is -0.138. The molecule has 0 heterocycles. The van der Waals surface area contributed by atoms with Crippen molar-refractivity contribution in [2.75, 3.05) is 6.61 Å². The summed E-state index contributed by atoms with van der Waals surface area (Å²) in [5.74, 6) is -0.494. The maximum Gasteiger partial charge on any atom is 0.258 e. The van der Waals surface area contributed by atoms with E-state index in [1.807, 2.05) is 0 Å². The lowest BCUT2D eigenvalue weighted by Crippen LogP contribution is -2.82. The molecule has 0 atom stereocenters. The van der Waals surface area contributed by atoms with Crippen LogP contribution in [0, 0.1) is 5.82 Å². The minimum Gasteiger partial charge on any atom is -0.484 e. The molecule has 4 rings (SSSR count). The molecule has 0 saturated heterocycles. The van der Waals surface area contributed by atoms with E-state index in [2.05, 4.69) is 5.32 Å². The number of ether oxygens (including phenoxy) is 1. The Morgan fingerprint density at radius 2 is 2.10 bits per heavy atom. The molecule has 3 aliphatic rings. The van der Waals surface area contributed by atoms with Crippen molar-refractivity contribution in [1.29, 1.82) is 0 Å². The van der Waals surface area contributed by atoms with Gasteiger partial charge in [-0.25, -0.2) is 4.39 Å². The third-order valence-corrected chi connectivity index (χ3v) is 4.04. The number of rotatable bonds is 4. The van der Waals surface area contributed by atoms with Crippen LogP contribution >= 0.6 is 24.0 Å². The molecule has 2 bridgehead atoms. The first-order valence-electron chi connectivity index (χ1n) is 6.08. The second-order valence-corrected chi connectivity index (χ2v) is 5.99. The lowest BCUT2D eigenvalue weighted by molar-refractivity contribution is -0.137. The van der Waals surface area contributed by atoms with Gasteiger partial charge in [0.1, 0.15) is 11.6 Å². The van der Waals surface area contributed by atoms with E-state index in [0.29, 0.717) is 0 Å². The second kappa shape index (κ2) is 5.06. The van der Waals surface area contributed by atoms with Crippen molar-refractivity contribution in [3.63, 3.8) is 0 Å². The van der Waals surface area contributed by atoms with Crippen molar-refractivity contribution < 1.29 is 13.9 Å². The van der Waals surface area contributed by atoms with Gasteiger partial charge in [0, 0.05) is 17.1 Å². The topological polar surface area (TPSA) is 64.3 Å². The van der Waals surface area contributed by atoms with Crippen molar-refractivity contribution >= 4 is 29.9 Å². The molecule has 3 saturated carbocycles. The SMILES string of the molecule is Cl.NC12CC(NC(=O)COc3ccc(Cl)c(F)c3)(C1)C2. The van der Waals surface area contributed by atoms with E-state index >= 15 is 0 Å². The number of halogens is 3. The van der Waals surface area contributed by atoms with E-state index in [1.54, 1.807) is 0 Å². The molecular weight excluding hydrogens is 306 g/mol. The summed E-state index contributed by atoms with van der Waals surface area (Å²) in [7, 11) is 0. The number of amides is 1. The van der Waals surface area contributed by atoms with Crippen LogP contribution in [0.4, 0.5) is 4.39 Å². The Hall–Kier alpha value is -1.04. The van der Waals surface area contributed by atoms with Gasteiger partial charge in [0.2, 0.25) is 0 Å². The van der Waals surface area contributed by atoms with E-state index in [9.17, 15) is 9.18 Å². The first-order valence-corrected chi connectivity index (χ1v) is 6.45. The van der Waals surface area contributed by atoms with Gasteiger partial charge in [-0.3, -0.25) is 4.79 Å². The predicted molar refractivity (Wildman–Crippen MR) is 75.8 cm³/mol. The Labute approximate surface area is 127 Å². The zero-order chi connectivity index (χ0) is 13.7. The summed E-state index contributed by atoms with van der Waals surface area (Å²) >= 11 is 5.55. The van der Waals surface area contributed by atoms with Gasteiger partial charge in [-0.15, -0.1) is 12.4 Å². The van der Waals surface area contributed by atoms with Crippen LogP contribution in [-0.4, -0.2) is 23.6 Å². The van der Waals surface area contributed by atoms with Crippen LogP contribution in [-0.2, 0) is 4.79 Å². The normalized spacial score (nSPS) is 29.6. The fourth-order valence-electron chi connectivity index (χ4n) is 3.05. The van der Waals surface area contributed by atoms with E-state index in [4.69, 9.17) is 22.1 Å². The summed E-state index contributed by atoms with van der Waals surface area (Å²) in [6.07, 6.45) is 2.50. The van der Waals surface area contributed by atoms with Gasteiger partial charge in [0.05, 0.1) is 5.02 Å². The van der Waals surface area contributed by atoms with Crippen LogP contribution in [0.15, 0.2) is 18.2 Å². The number of hydrogen-bond acceptors (Lipinski definition) is 3. The molecule has 0 radical (unpaired) electrons. The molecule has 1 aromatic carbocycles. The number of hydrogen-bond donors (Lipinski definition) is 2. The molecule has 0 aliphatic heterocycles. The Morgan fingerprint density at radius 1 is 1.45 bits per heavy atom. The molecule has 1 amide bonds. The largest absolute Gasteiger partial charge is 0.484 e. The van der Waals surface area contributed by atoms with E-state index in [1.165, 1.54) is 12.1 Å². The van der Waals surface area contributed by atoms with E-state index in [-0.39, 0.29) is 46.8 Å². The van der Waals surface area contributed by atoms with Crippen molar-refractivity contribution in [3.05, 3.63) is 29.0 Å². The highest BCUT2D eigenvalue weighted by atomic mass is 35.5. The van der Waals surface area contributed by atoms with Crippen molar-refractivity contribution in [3.8, 4) is 5.75 Å². The average molecular weight is 321 g/mol. The van der Waals surface area contributed by atoms with Gasteiger partial charge in [-0.1, -0.05) is 11.6 Å². The third-order valence-electron chi connectivity index (χ3n) is 3.74. The molecule has 20 heavy (non-hydrogen) atoms. The van der Waals surface area contributed by atoms with Crippen molar-refractivity contribution in [2.45, 2.75) is 30.3 Å². The number of nitrogens with two attached hydrogens (primary N) is 1. The summed E-state index contributed by atoms with van der Waals surface area (Å²) in [6, 6.07) is 4.07. The minimum atomic E-state index is -0.566. The monoisotopic (exact) mass is 320 g/mol. The molecule has 110 valence electrons. The lowest BCUT2D eigenvalue weighted by atomic mass is 9.44. The number of benzene rings is 1. The molecule has 0 aromatic heterocycles. The highest BCUT2D eigenvalue weighted by Crippen LogP contribution is 2.58. The van der Waals surface area contributed by atoms with Gasteiger partial charge in [0.15, 0.2) is 6.61 Å². The van der Waals surface area contributed by atoms with Gasteiger partial charge >= 0.3 is 0 Å². The highest BCUT2D eigenvalue weighted by molar-refractivity contribution is 6.30. The zero-order valence-electron chi connectivity index (χ0n) is 10.6. The summed E-state index contributed by atoms with van der Waals surface area (Å²) < 4.78 is 18.4. The van der Waals surface area contributed by atoms with Gasteiger partial charge in [-0.2, -0.15) is 0 Å². The van der Waals surface area contributed by atoms with Crippen molar-refractivity contribution in [1.82, 2.24) is 5.32 Å². The Kier molecular flexibility index (Phi) is 3.88. The fraction of sp³-hybridized carbons (Fsp3) is 0.462. The molecule has 1 aromatic rings. The first-order chi connectivity index (χ1) is 8.90. The Balaban J connectivity index is 0.00000147. The van der Waals surface area contributed by atoms with Crippen LogP contribution in [0.5, 0.6) is 5.75 Å². The van der Waals surface area contributed by atoms with Crippen LogP contribution in [0.1, 0.15) is 19.3 Å². The predicted octanol–water partition coefficient (Wildman–Crippen LogP) is 2.03. The second-order valence-electron chi connectivity index (χ2n) is 5.59. The minimum absolute atomic E-state index is 0. The lowest BCUT2D eigenvalue weighted by Gasteiger charge is -2.68. The molecule has 3 fully saturated rings. The Bertz CT molecular complexity index is 533. The van der Waals surface area contributed by atoms with Crippen LogP contribution in [0.2, 0.25) is 5.02 Å². The van der Waals surface area contributed by atoms with Gasteiger partial charge < -0.3 is 15.8 Å². The number of carbonyl (C=O) groups is 1. The maximum absolute atomic E-state index is 13.2. The molecule has 3 aliphatic carbocycles. The summed E-state index contributed by atoms with van der Waals surface area (Å²) in [5.41, 5.74) is 5.75.